The summed E-state index contributed by atoms with van der Waals surface area (Å²) in [6, 6.07) is 15.0. The van der Waals surface area contributed by atoms with E-state index >= 15 is 0 Å². The topological polar surface area (TPSA) is 101 Å². The number of fused-ring (bicyclic) bond motifs is 2. The van der Waals surface area contributed by atoms with Gasteiger partial charge in [-0.2, -0.15) is 5.26 Å². The number of nitriles is 1. The van der Waals surface area contributed by atoms with Gasteiger partial charge in [-0.1, -0.05) is 23.7 Å². The first-order valence-electron chi connectivity index (χ1n) is 13.1. The summed E-state index contributed by atoms with van der Waals surface area (Å²) in [6.45, 7) is 3.29. The van der Waals surface area contributed by atoms with Crippen molar-refractivity contribution in [3.63, 3.8) is 0 Å². The largest absolute Gasteiger partial charge is 0.487 e. The van der Waals surface area contributed by atoms with E-state index in [1.807, 2.05) is 18.2 Å². The summed E-state index contributed by atoms with van der Waals surface area (Å²) in [7, 11) is 0. The van der Waals surface area contributed by atoms with E-state index in [1.54, 1.807) is 30.3 Å². The van der Waals surface area contributed by atoms with Gasteiger partial charge in [-0.3, -0.25) is 4.90 Å². The lowest BCUT2D eigenvalue weighted by Gasteiger charge is -2.31. The molecular weight excluding hydrogens is 535 g/mol. The molecule has 1 aromatic heterocycles. The van der Waals surface area contributed by atoms with Crippen LogP contribution in [0, 0.1) is 17.1 Å². The molecule has 1 saturated heterocycles. The number of carboxylic acid groups (broad SMARTS) is 1. The molecule has 0 radical (unpaired) electrons. The molecule has 204 valence electrons. The van der Waals surface area contributed by atoms with Crippen molar-refractivity contribution in [1.82, 2.24) is 14.5 Å². The Morgan fingerprint density at radius 2 is 2.10 bits per heavy atom. The first-order valence-corrected chi connectivity index (χ1v) is 13.5. The van der Waals surface area contributed by atoms with Crippen molar-refractivity contribution < 1.29 is 23.8 Å². The SMILES string of the molecule is N#Cc1ccc(COc2ccc3c(c2Cl)CN(Cc2nc4ccc(C(=O)O)cc4n2C[C@@H]2CCO2)CC3)c(F)c1. The van der Waals surface area contributed by atoms with Crippen molar-refractivity contribution in [2.45, 2.75) is 45.2 Å². The predicted molar refractivity (Wildman–Crippen MR) is 146 cm³/mol. The number of rotatable bonds is 8. The molecule has 0 spiro atoms. The number of nitrogens with zero attached hydrogens (tertiary/aromatic N) is 4. The van der Waals surface area contributed by atoms with E-state index in [2.05, 4.69) is 9.47 Å². The highest BCUT2D eigenvalue weighted by Gasteiger charge is 2.26. The number of hydrogen-bond acceptors (Lipinski definition) is 6. The summed E-state index contributed by atoms with van der Waals surface area (Å²) in [6.07, 6.45) is 1.84. The zero-order valence-electron chi connectivity index (χ0n) is 21.6. The van der Waals surface area contributed by atoms with Gasteiger partial charge in [0.05, 0.1) is 52.4 Å². The fourth-order valence-electron chi connectivity index (χ4n) is 5.22. The number of carbonyl (C=O) groups is 1. The van der Waals surface area contributed by atoms with Gasteiger partial charge in [-0.15, -0.1) is 0 Å². The highest BCUT2D eigenvalue weighted by atomic mass is 35.5. The Bertz CT molecular complexity index is 1660. The molecule has 2 aliphatic heterocycles. The van der Waals surface area contributed by atoms with E-state index in [1.165, 1.54) is 6.07 Å². The van der Waals surface area contributed by atoms with Gasteiger partial charge in [0.2, 0.25) is 0 Å². The number of aromatic carboxylic acids is 1. The van der Waals surface area contributed by atoms with Gasteiger partial charge in [-0.05, 0) is 60.4 Å². The second-order valence-electron chi connectivity index (χ2n) is 10.1. The molecule has 3 heterocycles. The van der Waals surface area contributed by atoms with Crippen molar-refractivity contribution in [2.75, 3.05) is 13.2 Å². The van der Waals surface area contributed by atoms with E-state index in [4.69, 9.17) is 31.3 Å². The van der Waals surface area contributed by atoms with Crippen LogP contribution in [0.5, 0.6) is 5.75 Å². The molecule has 0 unspecified atom stereocenters. The minimum absolute atomic E-state index is 0.00858. The standard InChI is InChI=1S/C30H26ClFN4O4/c31-29-23-15-35(9-7-19(23)4-6-27(29)40-17-21-2-1-18(13-33)11-24(21)32)16-28-34-25-5-3-20(30(37)38)12-26(25)36(28)14-22-8-10-39-22/h1-6,11-12,22H,7-10,14-17H2,(H,37,38)/t22-/m0/s1. The second kappa shape index (κ2) is 10.9. The third kappa shape index (κ3) is 5.13. The van der Waals surface area contributed by atoms with Crippen LogP contribution in [0.15, 0.2) is 48.5 Å². The van der Waals surface area contributed by atoms with E-state index in [9.17, 15) is 14.3 Å². The Morgan fingerprint density at radius 1 is 1.25 bits per heavy atom. The van der Waals surface area contributed by atoms with Crippen LogP contribution in [0.1, 0.15) is 44.9 Å². The molecule has 6 rings (SSSR count). The fraction of sp³-hybridized carbons (Fsp3) is 0.300. The highest BCUT2D eigenvalue weighted by Crippen LogP contribution is 2.35. The van der Waals surface area contributed by atoms with Crippen LogP contribution in [0.25, 0.3) is 11.0 Å². The first-order chi connectivity index (χ1) is 19.4. The number of aromatic nitrogens is 2. The molecule has 2 aliphatic rings. The first kappa shape index (κ1) is 26.3. The highest BCUT2D eigenvalue weighted by molar-refractivity contribution is 6.33. The van der Waals surface area contributed by atoms with Crippen molar-refractivity contribution in [1.29, 1.82) is 5.26 Å². The summed E-state index contributed by atoms with van der Waals surface area (Å²) in [5, 5.41) is 19.0. The Hall–Kier alpha value is -3.97. The van der Waals surface area contributed by atoms with Crippen molar-refractivity contribution in [3.8, 4) is 11.8 Å². The zero-order valence-corrected chi connectivity index (χ0v) is 22.3. The van der Waals surface area contributed by atoms with Gasteiger partial charge in [0, 0.05) is 25.3 Å². The lowest BCUT2D eigenvalue weighted by molar-refractivity contribution is -0.0592. The molecule has 1 atom stereocenters. The van der Waals surface area contributed by atoms with Gasteiger partial charge < -0.3 is 19.1 Å². The quantitative estimate of drug-likeness (QED) is 0.311. The van der Waals surface area contributed by atoms with Crippen LogP contribution in [0.4, 0.5) is 4.39 Å². The van der Waals surface area contributed by atoms with Crippen LogP contribution in [0.2, 0.25) is 5.02 Å². The molecule has 1 N–H and O–H groups in total. The third-order valence-corrected chi connectivity index (χ3v) is 7.98. The number of hydrogen-bond donors (Lipinski definition) is 1. The lowest BCUT2D eigenvalue weighted by atomic mass is 9.99. The maximum absolute atomic E-state index is 14.3. The van der Waals surface area contributed by atoms with Gasteiger partial charge in [0.1, 0.15) is 24.0 Å². The molecule has 0 bridgehead atoms. The van der Waals surface area contributed by atoms with Gasteiger partial charge in [0.15, 0.2) is 0 Å². The maximum Gasteiger partial charge on any atom is 0.335 e. The summed E-state index contributed by atoms with van der Waals surface area (Å²) in [4.78, 5) is 18.7. The molecule has 4 aromatic rings. The normalized spacial score (nSPS) is 16.8. The smallest absolute Gasteiger partial charge is 0.335 e. The fourth-order valence-corrected chi connectivity index (χ4v) is 5.52. The van der Waals surface area contributed by atoms with E-state index < -0.39 is 11.8 Å². The minimum Gasteiger partial charge on any atom is -0.487 e. The predicted octanol–water partition coefficient (Wildman–Crippen LogP) is 5.32. The molecule has 3 aromatic carbocycles. The van der Waals surface area contributed by atoms with E-state index in [0.29, 0.717) is 36.0 Å². The Morgan fingerprint density at radius 3 is 2.83 bits per heavy atom. The Kier molecular flexibility index (Phi) is 7.15. The summed E-state index contributed by atoms with van der Waals surface area (Å²) in [5.74, 6) is -0.152. The second-order valence-corrected chi connectivity index (χ2v) is 10.5. The minimum atomic E-state index is -0.974. The maximum atomic E-state index is 14.3. The Labute approximate surface area is 235 Å². The molecule has 0 amide bonds. The van der Waals surface area contributed by atoms with Gasteiger partial charge >= 0.3 is 5.97 Å². The van der Waals surface area contributed by atoms with Crippen LogP contribution >= 0.6 is 11.6 Å². The summed E-state index contributed by atoms with van der Waals surface area (Å²) in [5.41, 5.74) is 4.46. The molecule has 0 saturated carbocycles. The Balaban J connectivity index is 1.22. The van der Waals surface area contributed by atoms with Crippen molar-refractivity contribution in [3.05, 3.63) is 93.0 Å². The molecule has 40 heavy (non-hydrogen) atoms. The number of ether oxygens (including phenoxy) is 2. The monoisotopic (exact) mass is 560 g/mol. The number of benzene rings is 3. The van der Waals surface area contributed by atoms with Crippen molar-refractivity contribution >= 4 is 28.6 Å². The average molecular weight is 561 g/mol. The summed E-state index contributed by atoms with van der Waals surface area (Å²) >= 11 is 6.81. The van der Waals surface area contributed by atoms with Crippen molar-refractivity contribution in [2.24, 2.45) is 0 Å². The van der Waals surface area contributed by atoms with Crippen LogP contribution in [0.3, 0.4) is 0 Å². The molecule has 8 nitrogen and oxygen atoms in total. The zero-order chi connectivity index (χ0) is 27.8. The number of imidazole rings is 1. The van der Waals surface area contributed by atoms with Crippen LogP contribution < -0.4 is 4.74 Å². The third-order valence-electron chi connectivity index (χ3n) is 7.57. The molecule has 10 heteroatoms. The molecule has 1 fully saturated rings. The number of halogens is 2. The number of carboxylic acids is 1. The summed E-state index contributed by atoms with van der Waals surface area (Å²) < 4.78 is 28.0. The van der Waals surface area contributed by atoms with Gasteiger partial charge in [0.25, 0.3) is 0 Å². The lowest BCUT2D eigenvalue weighted by Crippen LogP contribution is -2.34. The molecular formula is C30H26ClFN4O4. The van der Waals surface area contributed by atoms with Gasteiger partial charge in [-0.25, -0.2) is 14.2 Å². The van der Waals surface area contributed by atoms with E-state index in [-0.39, 0.29) is 23.8 Å². The van der Waals surface area contributed by atoms with Crippen LogP contribution in [-0.4, -0.2) is 44.8 Å². The van der Waals surface area contributed by atoms with Crippen LogP contribution in [-0.2, 0) is 37.4 Å². The molecule has 0 aliphatic carbocycles. The average Bonchev–Trinajstić information content (AvgIpc) is 3.26. The van der Waals surface area contributed by atoms with E-state index in [0.717, 1.165) is 54.0 Å².